The molecule has 1 aliphatic heterocycles. The van der Waals surface area contributed by atoms with Crippen molar-refractivity contribution in [3.8, 4) is 0 Å². The van der Waals surface area contributed by atoms with Crippen LogP contribution in [0.5, 0.6) is 0 Å². The lowest BCUT2D eigenvalue weighted by atomic mass is 9.94. The van der Waals surface area contributed by atoms with E-state index in [1.807, 2.05) is 0 Å². The summed E-state index contributed by atoms with van der Waals surface area (Å²) < 4.78 is 32.3. The lowest BCUT2D eigenvalue weighted by molar-refractivity contribution is 0.198. The minimum absolute atomic E-state index is 0.0421. The van der Waals surface area contributed by atoms with E-state index in [4.69, 9.17) is 10.2 Å². The predicted octanol–water partition coefficient (Wildman–Crippen LogP) is 1.69. The standard InChI is InChI=1S/C13H20N2O3S/c14-9-11-6-7-13(18-11)19(16,17)15-8-2-4-10-3-1-5-12(10)15/h6-7,10,12H,1-5,8-9,14H2. The summed E-state index contributed by atoms with van der Waals surface area (Å²) >= 11 is 0. The fourth-order valence-electron chi connectivity index (χ4n) is 3.43. The first kappa shape index (κ1) is 13.1. The van der Waals surface area contributed by atoms with E-state index in [2.05, 4.69) is 0 Å². The number of rotatable bonds is 3. The van der Waals surface area contributed by atoms with Crippen molar-refractivity contribution >= 4 is 10.0 Å². The van der Waals surface area contributed by atoms with Crippen molar-refractivity contribution in [2.24, 2.45) is 11.7 Å². The third-order valence-corrected chi connectivity index (χ3v) is 6.14. The Bertz CT molecular complexity index is 552. The Kier molecular flexibility index (Phi) is 3.41. The number of fused-ring (bicyclic) bond motifs is 1. The van der Waals surface area contributed by atoms with Gasteiger partial charge in [0.25, 0.3) is 10.0 Å². The maximum atomic E-state index is 12.7. The van der Waals surface area contributed by atoms with Gasteiger partial charge in [0.15, 0.2) is 0 Å². The molecule has 1 aliphatic carbocycles. The predicted molar refractivity (Wildman–Crippen MR) is 70.9 cm³/mol. The molecule has 5 nitrogen and oxygen atoms in total. The highest BCUT2D eigenvalue weighted by molar-refractivity contribution is 7.89. The maximum absolute atomic E-state index is 12.7. The van der Waals surface area contributed by atoms with Crippen molar-refractivity contribution in [1.82, 2.24) is 4.31 Å². The van der Waals surface area contributed by atoms with Gasteiger partial charge in [0, 0.05) is 12.6 Å². The second-order valence-electron chi connectivity index (χ2n) is 5.44. The van der Waals surface area contributed by atoms with Gasteiger partial charge < -0.3 is 10.2 Å². The summed E-state index contributed by atoms with van der Waals surface area (Å²) in [5.41, 5.74) is 5.47. The molecule has 2 aliphatic rings. The first-order valence-corrected chi connectivity index (χ1v) is 8.37. The average Bonchev–Trinajstić information content (AvgIpc) is 3.06. The molecular formula is C13H20N2O3S. The van der Waals surface area contributed by atoms with Crippen LogP contribution in [0.3, 0.4) is 0 Å². The fraction of sp³-hybridized carbons (Fsp3) is 0.692. The average molecular weight is 284 g/mol. The summed E-state index contributed by atoms with van der Waals surface area (Å²) in [5, 5.41) is 0.0421. The summed E-state index contributed by atoms with van der Waals surface area (Å²) in [5.74, 6) is 1.05. The highest BCUT2D eigenvalue weighted by Gasteiger charge is 2.42. The molecule has 0 amide bonds. The van der Waals surface area contributed by atoms with Crippen LogP contribution in [0, 0.1) is 5.92 Å². The van der Waals surface area contributed by atoms with Crippen LogP contribution >= 0.6 is 0 Å². The lowest BCUT2D eigenvalue weighted by Crippen LogP contribution is -2.45. The fourth-order valence-corrected chi connectivity index (χ4v) is 5.12. The van der Waals surface area contributed by atoms with Crippen molar-refractivity contribution in [2.75, 3.05) is 6.54 Å². The summed E-state index contributed by atoms with van der Waals surface area (Å²) in [4.78, 5) is 0. The number of hydrogen-bond acceptors (Lipinski definition) is 4. The Balaban J connectivity index is 1.90. The summed E-state index contributed by atoms with van der Waals surface area (Å²) in [7, 11) is -3.49. The molecule has 2 atom stereocenters. The van der Waals surface area contributed by atoms with Gasteiger partial charge in [-0.15, -0.1) is 0 Å². The number of nitrogens with two attached hydrogens (primary N) is 1. The van der Waals surface area contributed by atoms with E-state index in [9.17, 15) is 8.42 Å². The largest absolute Gasteiger partial charge is 0.447 e. The van der Waals surface area contributed by atoms with E-state index >= 15 is 0 Å². The van der Waals surface area contributed by atoms with Crippen LogP contribution in [0.2, 0.25) is 0 Å². The van der Waals surface area contributed by atoms with Crippen molar-refractivity contribution < 1.29 is 12.8 Å². The number of furan rings is 1. The van der Waals surface area contributed by atoms with Gasteiger partial charge in [0.05, 0.1) is 6.54 Å². The minimum Gasteiger partial charge on any atom is -0.447 e. The van der Waals surface area contributed by atoms with Gasteiger partial charge in [-0.25, -0.2) is 8.42 Å². The van der Waals surface area contributed by atoms with E-state index in [1.54, 1.807) is 10.4 Å². The molecule has 2 heterocycles. The molecule has 106 valence electrons. The maximum Gasteiger partial charge on any atom is 0.276 e. The van der Waals surface area contributed by atoms with Crippen LogP contribution in [0.4, 0.5) is 0 Å². The van der Waals surface area contributed by atoms with Gasteiger partial charge >= 0.3 is 0 Å². The van der Waals surface area contributed by atoms with E-state index in [0.717, 1.165) is 32.1 Å². The van der Waals surface area contributed by atoms with Crippen molar-refractivity contribution in [3.63, 3.8) is 0 Å². The summed E-state index contributed by atoms with van der Waals surface area (Å²) in [6, 6.07) is 3.34. The van der Waals surface area contributed by atoms with Gasteiger partial charge in [-0.05, 0) is 43.7 Å². The Hall–Kier alpha value is -0.850. The molecule has 0 bridgehead atoms. The zero-order valence-electron chi connectivity index (χ0n) is 10.9. The highest BCUT2D eigenvalue weighted by atomic mass is 32.2. The van der Waals surface area contributed by atoms with E-state index < -0.39 is 10.0 Å². The van der Waals surface area contributed by atoms with Gasteiger partial charge in [0.1, 0.15) is 5.76 Å². The molecule has 2 N–H and O–H groups in total. The van der Waals surface area contributed by atoms with Crippen LogP contribution in [-0.2, 0) is 16.6 Å². The van der Waals surface area contributed by atoms with E-state index in [-0.39, 0.29) is 17.7 Å². The van der Waals surface area contributed by atoms with Crippen molar-refractivity contribution in [2.45, 2.75) is 49.8 Å². The number of hydrogen-bond donors (Lipinski definition) is 1. The smallest absolute Gasteiger partial charge is 0.276 e. The first-order chi connectivity index (χ1) is 9.13. The van der Waals surface area contributed by atoms with Crippen molar-refractivity contribution in [1.29, 1.82) is 0 Å². The van der Waals surface area contributed by atoms with Crippen molar-refractivity contribution in [3.05, 3.63) is 17.9 Å². The molecule has 0 spiro atoms. The number of piperidine rings is 1. The topological polar surface area (TPSA) is 76.5 Å². The second kappa shape index (κ2) is 4.92. The van der Waals surface area contributed by atoms with Crippen LogP contribution in [0.1, 0.15) is 37.9 Å². The summed E-state index contributed by atoms with van der Waals surface area (Å²) in [6.45, 7) is 0.837. The zero-order chi connectivity index (χ0) is 13.5. The molecule has 2 fully saturated rings. The minimum atomic E-state index is -3.49. The molecular weight excluding hydrogens is 264 g/mol. The molecule has 1 saturated carbocycles. The SMILES string of the molecule is NCc1ccc(S(=O)(=O)N2CCCC3CCCC32)o1. The third-order valence-electron chi connectivity index (χ3n) is 4.34. The number of nitrogens with zero attached hydrogens (tertiary/aromatic N) is 1. The summed E-state index contributed by atoms with van der Waals surface area (Å²) in [6.07, 6.45) is 5.37. The lowest BCUT2D eigenvalue weighted by Gasteiger charge is -2.35. The Morgan fingerprint density at radius 3 is 2.79 bits per heavy atom. The molecule has 19 heavy (non-hydrogen) atoms. The molecule has 1 aromatic heterocycles. The molecule has 1 saturated heterocycles. The van der Waals surface area contributed by atoms with Crippen LogP contribution in [0.15, 0.2) is 21.6 Å². The first-order valence-electron chi connectivity index (χ1n) is 6.93. The zero-order valence-corrected chi connectivity index (χ0v) is 11.7. The Morgan fingerprint density at radius 1 is 1.26 bits per heavy atom. The molecule has 1 aromatic rings. The van der Waals surface area contributed by atoms with Gasteiger partial charge in [0.2, 0.25) is 5.09 Å². The van der Waals surface area contributed by atoms with Crippen LogP contribution < -0.4 is 5.73 Å². The molecule has 0 radical (unpaired) electrons. The van der Waals surface area contributed by atoms with E-state index in [1.165, 1.54) is 6.07 Å². The third kappa shape index (κ3) is 2.22. The van der Waals surface area contributed by atoms with Gasteiger partial charge in [-0.1, -0.05) is 6.42 Å². The molecule has 2 unspecified atom stereocenters. The molecule has 3 rings (SSSR count). The number of sulfonamides is 1. The van der Waals surface area contributed by atoms with Crippen LogP contribution in [-0.4, -0.2) is 25.3 Å². The quantitative estimate of drug-likeness (QED) is 0.916. The monoisotopic (exact) mass is 284 g/mol. The normalized spacial score (nSPS) is 28.5. The van der Waals surface area contributed by atoms with Crippen LogP contribution in [0.25, 0.3) is 0 Å². The Morgan fingerprint density at radius 2 is 2.05 bits per heavy atom. The van der Waals surface area contributed by atoms with Gasteiger partial charge in [-0.2, -0.15) is 4.31 Å². The highest BCUT2D eigenvalue weighted by Crippen LogP contribution is 2.39. The van der Waals surface area contributed by atoms with E-state index in [0.29, 0.717) is 18.2 Å². The van der Waals surface area contributed by atoms with Gasteiger partial charge in [-0.3, -0.25) is 0 Å². The molecule has 0 aromatic carbocycles. The Labute approximate surface area is 113 Å². The second-order valence-corrected chi connectivity index (χ2v) is 7.26. The molecule has 6 heteroatoms.